The maximum absolute atomic E-state index is 9.99. The van der Waals surface area contributed by atoms with E-state index in [2.05, 4.69) is 0 Å². The van der Waals surface area contributed by atoms with E-state index in [0.29, 0.717) is 0 Å². The predicted molar refractivity (Wildman–Crippen MR) is 75.3 cm³/mol. The SMILES string of the molecule is NC(CCS(=O)(=O)[O-])C(=O)O.NC(CCS(=O)(=O)[O-])C(=O)O.[Sr+2]. The van der Waals surface area contributed by atoms with Crippen LogP contribution in [-0.2, 0) is 29.8 Å². The zero-order valence-corrected chi connectivity index (χ0v) is 16.9. The molecule has 0 aliphatic rings. The van der Waals surface area contributed by atoms with Crippen molar-refractivity contribution in [1.29, 1.82) is 0 Å². The maximum atomic E-state index is 9.99. The number of rotatable bonds is 8. The van der Waals surface area contributed by atoms with Gasteiger partial charge in [-0.3, -0.25) is 9.59 Å². The van der Waals surface area contributed by atoms with Crippen molar-refractivity contribution in [3.8, 4) is 0 Å². The molecule has 0 spiro atoms. The first-order chi connectivity index (χ1) is 9.65. The van der Waals surface area contributed by atoms with Gasteiger partial charge < -0.3 is 30.8 Å². The number of carboxylic acids is 2. The van der Waals surface area contributed by atoms with Crippen molar-refractivity contribution in [2.45, 2.75) is 24.9 Å². The number of aliphatic carboxylic acids is 2. The molecule has 2 unspecified atom stereocenters. The fourth-order valence-electron chi connectivity index (χ4n) is 0.790. The summed E-state index contributed by atoms with van der Waals surface area (Å²) in [6, 6.07) is -2.56. The second kappa shape index (κ2) is 12.5. The quantitative estimate of drug-likeness (QED) is 0.205. The normalized spacial score (nSPS) is 13.7. The van der Waals surface area contributed by atoms with Crippen LogP contribution in [0.3, 0.4) is 0 Å². The van der Waals surface area contributed by atoms with Gasteiger partial charge in [0.2, 0.25) is 0 Å². The summed E-state index contributed by atoms with van der Waals surface area (Å²) in [6.45, 7) is 0. The molecular weight excluding hydrogens is 436 g/mol. The van der Waals surface area contributed by atoms with Gasteiger partial charge in [-0.2, -0.15) is 0 Å². The molecule has 0 aromatic carbocycles. The number of hydrogen-bond acceptors (Lipinski definition) is 10. The summed E-state index contributed by atoms with van der Waals surface area (Å²) >= 11 is 0. The molecule has 0 rings (SSSR count). The van der Waals surface area contributed by atoms with Crippen LogP contribution >= 0.6 is 0 Å². The van der Waals surface area contributed by atoms with Crippen molar-refractivity contribution < 1.29 is 45.7 Å². The van der Waals surface area contributed by atoms with Crippen LogP contribution in [0.15, 0.2) is 0 Å². The van der Waals surface area contributed by atoms with E-state index in [9.17, 15) is 35.5 Å². The Hall–Kier alpha value is 0.161. The van der Waals surface area contributed by atoms with Gasteiger partial charge in [0.05, 0.1) is 20.2 Å². The molecule has 2 atom stereocenters. The molecule has 0 aromatic rings. The van der Waals surface area contributed by atoms with Gasteiger partial charge in [-0.1, -0.05) is 0 Å². The molecular formula is C8H16N2O10S2Sr. The number of carbonyl (C=O) groups is 2. The van der Waals surface area contributed by atoms with Crippen LogP contribution < -0.4 is 11.5 Å². The van der Waals surface area contributed by atoms with E-state index in [4.69, 9.17) is 21.7 Å². The minimum atomic E-state index is -4.35. The van der Waals surface area contributed by atoms with E-state index < -0.39 is 55.8 Å². The summed E-state index contributed by atoms with van der Waals surface area (Å²) in [5.41, 5.74) is 9.84. The molecule has 0 aliphatic heterocycles. The molecule has 0 heterocycles. The topological polar surface area (TPSA) is 241 Å². The predicted octanol–water partition coefficient (Wildman–Crippen LogP) is -3.71. The second-order valence-corrected chi connectivity index (χ2v) is 7.04. The molecule has 0 aliphatic carbocycles. The Kier molecular flexibility index (Phi) is 15.2. The molecule has 0 saturated heterocycles. The summed E-state index contributed by atoms with van der Waals surface area (Å²) in [7, 11) is -8.69. The van der Waals surface area contributed by atoms with Gasteiger partial charge >= 0.3 is 57.4 Å². The molecule has 0 aromatic heterocycles. The van der Waals surface area contributed by atoms with Crippen molar-refractivity contribution in [3.05, 3.63) is 0 Å². The Morgan fingerprint density at radius 1 is 0.826 bits per heavy atom. The number of hydrogen-bond donors (Lipinski definition) is 4. The molecule has 12 nitrogen and oxygen atoms in total. The Labute approximate surface area is 170 Å². The van der Waals surface area contributed by atoms with Gasteiger partial charge in [-0.25, -0.2) is 16.8 Å². The minimum Gasteiger partial charge on any atom is -0.748 e. The maximum Gasteiger partial charge on any atom is 2.00 e. The van der Waals surface area contributed by atoms with Gasteiger partial charge in [-0.15, -0.1) is 0 Å². The van der Waals surface area contributed by atoms with Crippen LogP contribution in [-0.4, -0.2) is 117 Å². The standard InChI is InChI=1S/2C4H9NO5S.Sr/c2*5-3(4(6)7)1-2-11(8,9)10;/h2*3H,1-2,5H2,(H,6,7)(H,8,9,10);/q;;+2/p-2. The van der Waals surface area contributed by atoms with Crippen LogP contribution in [0, 0.1) is 0 Å². The number of nitrogens with two attached hydrogens (primary N) is 2. The van der Waals surface area contributed by atoms with E-state index in [1.54, 1.807) is 0 Å². The zero-order chi connectivity index (χ0) is 18.1. The van der Waals surface area contributed by atoms with E-state index in [0.717, 1.165) is 0 Å². The van der Waals surface area contributed by atoms with Crippen LogP contribution in [0.5, 0.6) is 0 Å². The molecule has 23 heavy (non-hydrogen) atoms. The van der Waals surface area contributed by atoms with Crippen molar-refractivity contribution in [2.75, 3.05) is 11.5 Å². The monoisotopic (exact) mass is 452 g/mol. The van der Waals surface area contributed by atoms with E-state index in [1.165, 1.54) is 0 Å². The molecule has 0 fully saturated rings. The Morgan fingerprint density at radius 2 is 1.04 bits per heavy atom. The summed E-state index contributed by atoms with van der Waals surface area (Å²) < 4.78 is 59.7. The summed E-state index contributed by atoms with van der Waals surface area (Å²) in [5.74, 6) is -4.09. The molecule has 15 heteroatoms. The van der Waals surface area contributed by atoms with E-state index in [1.807, 2.05) is 0 Å². The molecule has 132 valence electrons. The van der Waals surface area contributed by atoms with Crippen LogP contribution in [0.1, 0.15) is 12.8 Å². The molecule has 6 N–H and O–H groups in total. The van der Waals surface area contributed by atoms with E-state index in [-0.39, 0.29) is 58.3 Å². The van der Waals surface area contributed by atoms with Gasteiger partial charge in [0.1, 0.15) is 12.1 Å². The van der Waals surface area contributed by atoms with Gasteiger partial charge in [-0.05, 0) is 12.8 Å². The van der Waals surface area contributed by atoms with Gasteiger partial charge in [0.15, 0.2) is 0 Å². The Bertz CT molecular complexity index is 524. The molecule has 0 radical (unpaired) electrons. The Morgan fingerprint density at radius 3 is 1.17 bits per heavy atom. The molecule has 0 amide bonds. The first kappa shape index (κ1) is 28.0. The third-order valence-electron chi connectivity index (χ3n) is 1.99. The fraction of sp³-hybridized carbons (Fsp3) is 0.750. The van der Waals surface area contributed by atoms with Crippen LogP contribution in [0.2, 0.25) is 0 Å². The minimum absolute atomic E-state index is 0. The third-order valence-corrected chi connectivity index (χ3v) is 3.46. The summed E-state index contributed by atoms with van der Waals surface area (Å²) in [5, 5.41) is 16.3. The van der Waals surface area contributed by atoms with Crippen molar-refractivity contribution in [2.24, 2.45) is 11.5 Å². The third kappa shape index (κ3) is 22.2. The molecule has 0 saturated carbocycles. The summed E-state index contributed by atoms with van der Waals surface area (Å²) in [6.07, 6.45) is -0.692. The zero-order valence-electron chi connectivity index (χ0n) is 11.8. The number of carboxylic acid groups (broad SMARTS) is 2. The molecule has 0 bridgehead atoms. The second-order valence-electron chi connectivity index (χ2n) is 3.99. The Balaban J connectivity index is -0.000000333. The van der Waals surface area contributed by atoms with Crippen molar-refractivity contribution in [3.63, 3.8) is 0 Å². The van der Waals surface area contributed by atoms with Crippen LogP contribution in [0.4, 0.5) is 0 Å². The smallest absolute Gasteiger partial charge is 0.748 e. The van der Waals surface area contributed by atoms with Gasteiger partial charge in [0.25, 0.3) is 0 Å². The first-order valence-corrected chi connectivity index (χ1v) is 8.65. The average molecular weight is 452 g/mol. The fourth-order valence-corrected chi connectivity index (χ4v) is 1.87. The van der Waals surface area contributed by atoms with Crippen LogP contribution in [0.25, 0.3) is 0 Å². The van der Waals surface area contributed by atoms with Gasteiger partial charge in [0, 0.05) is 11.5 Å². The van der Waals surface area contributed by atoms with Crippen molar-refractivity contribution in [1.82, 2.24) is 0 Å². The van der Waals surface area contributed by atoms with E-state index >= 15 is 0 Å². The summed E-state index contributed by atoms with van der Waals surface area (Å²) in [4.78, 5) is 20.0. The average Bonchev–Trinajstić information content (AvgIpc) is 2.31. The van der Waals surface area contributed by atoms with Crippen molar-refractivity contribution >= 4 is 77.7 Å². The largest absolute Gasteiger partial charge is 2.00 e. The first-order valence-electron chi connectivity index (χ1n) is 5.49.